The Morgan fingerprint density at radius 2 is 1.62 bits per heavy atom. The molecule has 7 atom stereocenters. The molecule has 0 bridgehead atoms. The molecule has 0 spiro atoms. The van der Waals surface area contributed by atoms with Gasteiger partial charge in [0.1, 0.15) is 11.9 Å². The highest BCUT2D eigenvalue weighted by Crippen LogP contribution is 2.59. The Labute approximate surface area is 269 Å². The lowest BCUT2D eigenvalue weighted by Crippen LogP contribution is -2.41. The average molecular weight is 591 g/mol. The van der Waals surface area contributed by atoms with Gasteiger partial charge in [-0.25, -0.2) is 0 Å². The fraction of sp³-hybridized carbons (Fsp3) is 0.409. The number of rotatable bonds is 3. The molecule has 0 fully saturated rings. The van der Waals surface area contributed by atoms with E-state index >= 15 is 0 Å². The van der Waals surface area contributed by atoms with Crippen molar-refractivity contribution in [2.45, 2.75) is 77.7 Å². The molecule has 7 aliphatic carbocycles. The summed E-state index contributed by atoms with van der Waals surface area (Å²) in [6, 6.07) is 7.09. The molecule has 1 aromatic rings. The van der Waals surface area contributed by atoms with Crippen LogP contribution in [0.1, 0.15) is 81.9 Å². The number of allylic oxidation sites excluding steroid dienone is 16. The first-order valence-electron chi connectivity index (χ1n) is 17.9. The molecule has 0 saturated carbocycles. The summed E-state index contributed by atoms with van der Waals surface area (Å²) in [5.74, 6) is 4.04. The quantitative estimate of drug-likeness (QED) is 0.318. The summed E-state index contributed by atoms with van der Waals surface area (Å²) in [4.78, 5) is 0. The van der Waals surface area contributed by atoms with Gasteiger partial charge < -0.3 is 4.74 Å². The minimum atomic E-state index is 0.210. The van der Waals surface area contributed by atoms with Gasteiger partial charge in [0.2, 0.25) is 0 Å². The average Bonchev–Trinajstić information content (AvgIpc) is 3.48. The van der Waals surface area contributed by atoms with Crippen molar-refractivity contribution in [1.29, 1.82) is 0 Å². The van der Waals surface area contributed by atoms with Crippen molar-refractivity contribution in [2.24, 2.45) is 35.5 Å². The van der Waals surface area contributed by atoms with E-state index in [9.17, 15) is 0 Å². The van der Waals surface area contributed by atoms with Crippen LogP contribution in [0.5, 0.6) is 0 Å². The maximum absolute atomic E-state index is 7.18. The van der Waals surface area contributed by atoms with Crippen molar-refractivity contribution in [3.8, 4) is 0 Å². The van der Waals surface area contributed by atoms with Crippen LogP contribution in [-0.4, -0.2) is 6.10 Å². The molecule has 7 unspecified atom stereocenters. The Kier molecular flexibility index (Phi) is 6.80. The highest BCUT2D eigenvalue weighted by Gasteiger charge is 2.51. The van der Waals surface area contributed by atoms with Crippen LogP contribution in [0.15, 0.2) is 124 Å². The van der Waals surface area contributed by atoms with Crippen molar-refractivity contribution < 1.29 is 4.74 Å². The van der Waals surface area contributed by atoms with Gasteiger partial charge in [0, 0.05) is 35.7 Å². The van der Waals surface area contributed by atoms with Crippen LogP contribution in [0.4, 0.5) is 0 Å². The number of hydrogen-bond acceptors (Lipinski definition) is 1. The Balaban J connectivity index is 1.25. The van der Waals surface area contributed by atoms with E-state index in [2.05, 4.69) is 105 Å². The predicted octanol–water partition coefficient (Wildman–Crippen LogP) is 11.0. The Hall–Kier alpha value is -3.58. The first-order chi connectivity index (χ1) is 22.2. The van der Waals surface area contributed by atoms with Crippen molar-refractivity contribution >= 4 is 11.6 Å². The maximum Gasteiger partial charge on any atom is 0.116 e. The summed E-state index contributed by atoms with van der Waals surface area (Å²) < 4.78 is 7.18. The fourth-order valence-electron chi connectivity index (χ4n) is 10.5. The van der Waals surface area contributed by atoms with E-state index in [0.29, 0.717) is 35.5 Å². The van der Waals surface area contributed by atoms with Gasteiger partial charge in [-0.1, -0.05) is 115 Å². The topological polar surface area (TPSA) is 9.23 Å². The second-order valence-electron chi connectivity index (χ2n) is 14.7. The summed E-state index contributed by atoms with van der Waals surface area (Å²) in [5, 5.41) is 0. The molecule has 0 saturated heterocycles. The predicted molar refractivity (Wildman–Crippen MR) is 187 cm³/mol. The third-order valence-corrected chi connectivity index (χ3v) is 12.4. The largest absolute Gasteiger partial charge is 0.493 e. The van der Waals surface area contributed by atoms with E-state index in [4.69, 9.17) is 4.74 Å². The lowest BCUT2D eigenvalue weighted by atomic mass is 9.57. The zero-order chi connectivity index (χ0) is 30.1. The summed E-state index contributed by atoms with van der Waals surface area (Å²) in [5.41, 5.74) is 15.9. The van der Waals surface area contributed by atoms with Gasteiger partial charge in [0.25, 0.3) is 0 Å². The number of fused-ring (bicyclic) bond motifs is 5. The van der Waals surface area contributed by atoms with Crippen LogP contribution in [0.25, 0.3) is 11.6 Å². The summed E-state index contributed by atoms with van der Waals surface area (Å²) in [6.45, 7) is 4.87. The maximum atomic E-state index is 7.18. The highest BCUT2D eigenvalue weighted by molar-refractivity contribution is 5.84. The second-order valence-corrected chi connectivity index (χ2v) is 14.7. The number of benzene rings is 1. The SMILES string of the molecule is CC1=C(C2C=CC=CC2C)CC(C2=C3CCC=CC3=C(c3cccc4c3CCC=C4)C3CCC=CC23)C2OC3=C(C=CCC3)C12. The molecule has 1 aromatic carbocycles. The first-order valence-corrected chi connectivity index (χ1v) is 17.9. The van der Waals surface area contributed by atoms with Gasteiger partial charge in [0.05, 0.1) is 0 Å². The Morgan fingerprint density at radius 3 is 2.56 bits per heavy atom. The summed E-state index contributed by atoms with van der Waals surface area (Å²) in [6.07, 6.45) is 39.6. The van der Waals surface area contributed by atoms with Crippen LogP contribution >= 0.6 is 0 Å². The molecule has 8 aliphatic rings. The van der Waals surface area contributed by atoms with Gasteiger partial charge in [-0.3, -0.25) is 0 Å². The van der Waals surface area contributed by atoms with Gasteiger partial charge in [-0.05, 0) is 104 Å². The number of ether oxygens (including phenoxy) is 1. The summed E-state index contributed by atoms with van der Waals surface area (Å²) in [7, 11) is 0. The van der Waals surface area contributed by atoms with Crippen molar-refractivity contribution in [3.05, 3.63) is 141 Å². The van der Waals surface area contributed by atoms with Crippen molar-refractivity contribution in [3.63, 3.8) is 0 Å². The van der Waals surface area contributed by atoms with Crippen LogP contribution in [-0.2, 0) is 11.2 Å². The fourth-order valence-corrected chi connectivity index (χ4v) is 10.5. The van der Waals surface area contributed by atoms with Gasteiger partial charge in [-0.2, -0.15) is 0 Å². The minimum Gasteiger partial charge on any atom is -0.493 e. The minimum absolute atomic E-state index is 0.210. The highest BCUT2D eigenvalue weighted by atomic mass is 16.5. The molecular weight excluding hydrogens is 544 g/mol. The van der Waals surface area contributed by atoms with Crippen LogP contribution in [0.3, 0.4) is 0 Å². The zero-order valence-electron chi connectivity index (χ0n) is 27.0. The molecule has 45 heavy (non-hydrogen) atoms. The van der Waals surface area contributed by atoms with Crippen molar-refractivity contribution in [2.75, 3.05) is 0 Å². The molecule has 0 aromatic heterocycles. The van der Waals surface area contributed by atoms with E-state index in [1.807, 2.05) is 0 Å². The Morgan fingerprint density at radius 1 is 0.778 bits per heavy atom. The van der Waals surface area contributed by atoms with Gasteiger partial charge in [-0.15, -0.1) is 0 Å². The molecular formula is C44H46O. The van der Waals surface area contributed by atoms with E-state index in [-0.39, 0.29) is 6.10 Å². The molecule has 0 amide bonds. The molecule has 1 heterocycles. The number of hydrogen-bond donors (Lipinski definition) is 0. The smallest absolute Gasteiger partial charge is 0.116 e. The van der Waals surface area contributed by atoms with E-state index < -0.39 is 0 Å². The standard InChI is InChI=1S/C44H46O/c1-27-14-3-5-17-30(27)38-26-39(44-41(28(38)2)37-23-11-12-25-40(37)45-44)43-35-21-9-7-19-33(35)42(34-20-8-10-22-36(34)43)32-24-13-16-29-15-4-6-18-31(29)32/h3-5,7,10-11,13-17,19,22-24,27,30,34,36,39,41,44H,6,8-9,12,18,20-21,25-26H2,1-2H3. The van der Waals surface area contributed by atoms with Gasteiger partial charge >= 0.3 is 0 Å². The lowest BCUT2D eigenvalue weighted by Gasteiger charge is -2.47. The van der Waals surface area contributed by atoms with Crippen LogP contribution in [0.2, 0.25) is 0 Å². The summed E-state index contributed by atoms with van der Waals surface area (Å²) >= 11 is 0. The monoisotopic (exact) mass is 590 g/mol. The molecule has 0 radical (unpaired) electrons. The molecule has 1 heteroatoms. The van der Waals surface area contributed by atoms with Crippen molar-refractivity contribution in [1.82, 2.24) is 0 Å². The molecule has 0 N–H and O–H groups in total. The van der Waals surface area contributed by atoms with Crippen LogP contribution < -0.4 is 0 Å². The third kappa shape index (κ3) is 4.33. The van der Waals surface area contributed by atoms with E-state index in [1.54, 1.807) is 39.0 Å². The normalized spacial score (nSPS) is 34.5. The Bertz CT molecular complexity index is 1750. The molecule has 9 rings (SSSR count). The lowest BCUT2D eigenvalue weighted by molar-refractivity contribution is 0.0631. The van der Waals surface area contributed by atoms with Gasteiger partial charge in [0.15, 0.2) is 0 Å². The third-order valence-electron chi connectivity index (χ3n) is 12.4. The second kappa shape index (κ2) is 11.0. The molecule has 228 valence electrons. The first kappa shape index (κ1) is 27.7. The zero-order valence-corrected chi connectivity index (χ0v) is 27.0. The van der Waals surface area contributed by atoms with E-state index in [0.717, 1.165) is 44.9 Å². The molecule has 1 aliphatic heterocycles. The molecule has 1 nitrogen and oxygen atoms in total. The van der Waals surface area contributed by atoms with Crippen LogP contribution in [0, 0.1) is 35.5 Å². The van der Waals surface area contributed by atoms with E-state index in [1.165, 1.54) is 35.3 Å².